The lowest BCUT2D eigenvalue weighted by molar-refractivity contribution is 0.614. The van der Waals surface area contributed by atoms with Crippen molar-refractivity contribution in [3.8, 4) is 0 Å². The van der Waals surface area contributed by atoms with E-state index in [0.717, 1.165) is 13.1 Å². The van der Waals surface area contributed by atoms with Crippen LogP contribution in [0.1, 0.15) is 31.1 Å². The Morgan fingerprint density at radius 1 is 1.58 bits per heavy atom. The molecule has 68 valence electrons. The van der Waals surface area contributed by atoms with Gasteiger partial charge in [0, 0.05) is 4.88 Å². The van der Waals surface area contributed by atoms with Gasteiger partial charge in [-0.05, 0) is 36.9 Å². The summed E-state index contributed by atoms with van der Waals surface area (Å²) in [6.45, 7) is 6.66. The smallest absolute Gasteiger partial charge is 0.00739 e. The molecule has 1 aromatic rings. The molecule has 0 aromatic carbocycles. The Morgan fingerprint density at radius 2 is 2.42 bits per heavy atom. The topological polar surface area (TPSA) is 12.0 Å². The number of hydrogen-bond acceptors (Lipinski definition) is 2. The highest BCUT2D eigenvalue weighted by Gasteiger charge is 2.04. The van der Waals surface area contributed by atoms with Crippen molar-refractivity contribution in [3.63, 3.8) is 0 Å². The maximum Gasteiger partial charge on any atom is 0.00739 e. The van der Waals surface area contributed by atoms with E-state index in [1.54, 1.807) is 0 Å². The predicted octanol–water partition coefficient (Wildman–Crippen LogP) is 2.85. The molecule has 0 amide bonds. The maximum atomic E-state index is 3.35. The molecule has 0 bridgehead atoms. The standard InChI is InChI=1S/C10H17NS/c1-3-11-7-6-9(2)10-5-4-8-12-10/h4-5,8-9,11H,3,6-7H2,1-2H3. The normalized spacial score (nSPS) is 13.2. The highest BCUT2D eigenvalue weighted by Crippen LogP contribution is 2.22. The molecule has 0 saturated heterocycles. The van der Waals surface area contributed by atoms with Crippen molar-refractivity contribution in [1.29, 1.82) is 0 Å². The molecule has 0 fully saturated rings. The molecule has 0 spiro atoms. The average Bonchev–Trinajstić information content (AvgIpc) is 2.56. The van der Waals surface area contributed by atoms with Gasteiger partial charge in [-0.2, -0.15) is 0 Å². The Hall–Kier alpha value is -0.340. The van der Waals surface area contributed by atoms with E-state index in [-0.39, 0.29) is 0 Å². The van der Waals surface area contributed by atoms with Crippen LogP contribution < -0.4 is 5.32 Å². The molecule has 0 aliphatic rings. The summed E-state index contributed by atoms with van der Waals surface area (Å²) in [5.74, 6) is 0.712. The number of nitrogens with one attached hydrogen (secondary N) is 1. The van der Waals surface area contributed by atoms with Gasteiger partial charge in [-0.15, -0.1) is 11.3 Å². The summed E-state index contributed by atoms with van der Waals surface area (Å²) in [6, 6.07) is 4.35. The third kappa shape index (κ3) is 2.95. The molecule has 1 atom stereocenters. The van der Waals surface area contributed by atoms with Gasteiger partial charge < -0.3 is 5.32 Å². The van der Waals surface area contributed by atoms with Crippen molar-refractivity contribution in [1.82, 2.24) is 5.32 Å². The second-order valence-corrected chi connectivity index (χ2v) is 4.04. The first-order valence-electron chi connectivity index (χ1n) is 4.58. The van der Waals surface area contributed by atoms with Gasteiger partial charge in [-0.25, -0.2) is 0 Å². The van der Waals surface area contributed by atoms with Crippen LogP contribution in [0.25, 0.3) is 0 Å². The zero-order valence-electron chi connectivity index (χ0n) is 7.84. The van der Waals surface area contributed by atoms with E-state index in [2.05, 4.69) is 36.7 Å². The van der Waals surface area contributed by atoms with E-state index in [4.69, 9.17) is 0 Å². The molecule has 1 N–H and O–H groups in total. The Kier molecular flexibility index (Phi) is 4.33. The maximum absolute atomic E-state index is 3.35. The molecular weight excluding hydrogens is 166 g/mol. The SMILES string of the molecule is CCNCCC(C)c1cccs1. The summed E-state index contributed by atoms with van der Waals surface area (Å²) in [6.07, 6.45) is 1.24. The lowest BCUT2D eigenvalue weighted by atomic mass is 10.1. The van der Waals surface area contributed by atoms with E-state index in [1.165, 1.54) is 11.3 Å². The van der Waals surface area contributed by atoms with E-state index in [0.29, 0.717) is 5.92 Å². The molecule has 0 saturated carbocycles. The van der Waals surface area contributed by atoms with Gasteiger partial charge in [0.15, 0.2) is 0 Å². The minimum atomic E-state index is 0.712. The predicted molar refractivity (Wildman–Crippen MR) is 55.9 cm³/mol. The minimum absolute atomic E-state index is 0.712. The first-order chi connectivity index (χ1) is 5.84. The van der Waals surface area contributed by atoms with Crippen LogP contribution in [0.4, 0.5) is 0 Å². The van der Waals surface area contributed by atoms with Crippen LogP contribution in [0.15, 0.2) is 17.5 Å². The van der Waals surface area contributed by atoms with Gasteiger partial charge in [0.05, 0.1) is 0 Å². The van der Waals surface area contributed by atoms with Crippen molar-refractivity contribution < 1.29 is 0 Å². The van der Waals surface area contributed by atoms with Crippen LogP contribution in [-0.2, 0) is 0 Å². The Morgan fingerprint density at radius 3 is 3.00 bits per heavy atom. The summed E-state index contributed by atoms with van der Waals surface area (Å²) in [5.41, 5.74) is 0. The lowest BCUT2D eigenvalue weighted by Crippen LogP contribution is -2.15. The highest BCUT2D eigenvalue weighted by atomic mass is 32.1. The minimum Gasteiger partial charge on any atom is -0.317 e. The number of hydrogen-bond donors (Lipinski definition) is 1. The average molecular weight is 183 g/mol. The van der Waals surface area contributed by atoms with Gasteiger partial charge in [-0.1, -0.05) is 19.9 Å². The molecule has 0 aliphatic carbocycles. The van der Waals surface area contributed by atoms with Crippen molar-refractivity contribution in [3.05, 3.63) is 22.4 Å². The molecule has 0 aliphatic heterocycles. The van der Waals surface area contributed by atoms with Gasteiger partial charge in [0.2, 0.25) is 0 Å². The van der Waals surface area contributed by atoms with E-state index in [9.17, 15) is 0 Å². The molecule has 1 aromatic heterocycles. The van der Waals surface area contributed by atoms with E-state index < -0.39 is 0 Å². The zero-order valence-corrected chi connectivity index (χ0v) is 8.66. The fraction of sp³-hybridized carbons (Fsp3) is 0.600. The van der Waals surface area contributed by atoms with Crippen LogP contribution in [0.5, 0.6) is 0 Å². The third-order valence-electron chi connectivity index (χ3n) is 2.03. The van der Waals surface area contributed by atoms with Crippen molar-refractivity contribution in [2.45, 2.75) is 26.2 Å². The third-order valence-corrected chi connectivity index (χ3v) is 3.14. The lowest BCUT2D eigenvalue weighted by Gasteiger charge is -2.08. The van der Waals surface area contributed by atoms with Crippen molar-refractivity contribution in [2.24, 2.45) is 0 Å². The fourth-order valence-electron chi connectivity index (χ4n) is 1.21. The summed E-state index contributed by atoms with van der Waals surface area (Å²) in [7, 11) is 0. The Balaban J connectivity index is 2.25. The molecule has 0 radical (unpaired) electrons. The van der Waals surface area contributed by atoms with Gasteiger partial charge >= 0.3 is 0 Å². The Labute approximate surface area is 78.8 Å². The number of rotatable bonds is 5. The second-order valence-electron chi connectivity index (χ2n) is 3.06. The van der Waals surface area contributed by atoms with Gasteiger partial charge in [0.1, 0.15) is 0 Å². The van der Waals surface area contributed by atoms with Crippen LogP contribution in [0.3, 0.4) is 0 Å². The van der Waals surface area contributed by atoms with Crippen LogP contribution in [-0.4, -0.2) is 13.1 Å². The summed E-state index contributed by atoms with van der Waals surface area (Å²) < 4.78 is 0. The quantitative estimate of drug-likeness (QED) is 0.692. The molecule has 1 nitrogen and oxygen atoms in total. The summed E-state index contributed by atoms with van der Waals surface area (Å²) >= 11 is 1.86. The first-order valence-corrected chi connectivity index (χ1v) is 5.46. The van der Waals surface area contributed by atoms with Gasteiger partial charge in [-0.3, -0.25) is 0 Å². The Bertz CT molecular complexity index is 194. The molecular formula is C10H17NS. The molecule has 12 heavy (non-hydrogen) atoms. The van der Waals surface area contributed by atoms with Crippen molar-refractivity contribution >= 4 is 11.3 Å². The summed E-state index contributed by atoms with van der Waals surface area (Å²) in [5, 5.41) is 5.50. The zero-order chi connectivity index (χ0) is 8.81. The monoisotopic (exact) mass is 183 g/mol. The van der Waals surface area contributed by atoms with E-state index in [1.807, 2.05) is 11.3 Å². The van der Waals surface area contributed by atoms with Crippen molar-refractivity contribution in [2.75, 3.05) is 13.1 Å². The largest absolute Gasteiger partial charge is 0.317 e. The molecule has 1 rings (SSSR count). The first kappa shape index (κ1) is 9.75. The molecule has 1 unspecified atom stereocenters. The van der Waals surface area contributed by atoms with Crippen LogP contribution in [0, 0.1) is 0 Å². The van der Waals surface area contributed by atoms with E-state index >= 15 is 0 Å². The van der Waals surface area contributed by atoms with Crippen LogP contribution >= 0.6 is 11.3 Å². The molecule has 1 heterocycles. The second kappa shape index (κ2) is 5.33. The number of thiophene rings is 1. The van der Waals surface area contributed by atoms with Gasteiger partial charge in [0.25, 0.3) is 0 Å². The summed E-state index contributed by atoms with van der Waals surface area (Å²) in [4.78, 5) is 1.51. The van der Waals surface area contributed by atoms with Crippen LogP contribution in [0.2, 0.25) is 0 Å². The molecule has 2 heteroatoms. The fourth-order valence-corrected chi connectivity index (χ4v) is 2.03. The highest BCUT2D eigenvalue weighted by molar-refractivity contribution is 7.10.